The van der Waals surface area contributed by atoms with E-state index in [0.717, 1.165) is 6.54 Å². The second-order valence-electron chi connectivity index (χ2n) is 24.3. The van der Waals surface area contributed by atoms with Gasteiger partial charge in [0.2, 0.25) is 0 Å². The predicted octanol–water partition coefficient (Wildman–Crippen LogP) is 23.5. The molecule has 93 heavy (non-hydrogen) atoms. The molecule has 5 nitrogen and oxygen atoms in total. The van der Waals surface area contributed by atoms with Crippen LogP contribution in [0.5, 0.6) is 0 Å². The number of rotatable bonds is 7. The fraction of sp³-hybridized carbons (Fsp3) is 0.0455. The van der Waals surface area contributed by atoms with E-state index >= 15 is 0 Å². The molecule has 0 atom stereocenters. The van der Waals surface area contributed by atoms with E-state index in [1.807, 2.05) is 0 Å². The van der Waals surface area contributed by atoms with Crippen molar-refractivity contribution < 1.29 is 0 Å². The molecule has 0 spiro atoms. The van der Waals surface area contributed by atoms with Gasteiger partial charge in [-0.1, -0.05) is 218 Å². The first-order chi connectivity index (χ1) is 46.0. The Morgan fingerprint density at radius 2 is 0.398 bits per heavy atom. The quantitative estimate of drug-likeness (QED) is 0.152. The highest BCUT2D eigenvalue weighted by atomic mass is 15.0. The Labute approximate surface area is 539 Å². The summed E-state index contributed by atoms with van der Waals surface area (Å²) in [5.41, 5.74) is 24.8. The number of aryl methyl sites for hydroxylation is 3. The van der Waals surface area contributed by atoms with Crippen LogP contribution in [-0.2, 0) is 6.54 Å². The lowest BCUT2D eigenvalue weighted by Gasteiger charge is -2.15. The zero-order chi connectivity index (χ0) is 62.1. The van der Waals surface area contributed by atoms with Crippen molar-refractivity contribution in [3.8, 4) is 45.0 Å². The van der Waals surface area contributed by atoms with Crippen LogP contribution < -0.4 is 0 Å². The van der Waals surface area contributed by atoms with Crippen LogP contribution in [0.2, 0.25) is 0 Å². The molecule has 0 aliphatic carbocycles. The van der Waals surface area contributed by atoms with Gasteiger partial charge in [-0.2, -0.15) is 0 Å². The van der Waals surface area contributed by atoms with Gasteiger partial charge >= 0.3 is 0 Å². The molecule has 0 aliphatic heterocycles. The molecule has 0 amide bonds. The van der Waals surface area contributed by atoms with Gasteiger partial charge in [0, 0.05) is 94.2 Å². The van der Waals surface area contributed by atoms with Crippen LogP contribution in [0.1, 0.15) is 18.1 Å². The van der Waals surface area contributed by atoms with Crippen molar-refractivity contribution in [1.82, 2.24) is 22.8 Å². The molecule has 5 heteroatoms. The van der Waals surface area contributed by atoms with E-state index in [1.165, 1.54) is 165 Å². The third kappa shape index (κ3) is 9.22. The summed E-state index contributed by atoms with van der Waals surface area (Å²) < 4.78 is 11.9. The maximum Gasteiger partial charge on any atom is 0.0541 e. The highest BCUT2D eigenvalue weighted by Gasteiger charge is 2.18. The summed E-state index contributed by atoms with van der Waals surface area (Å²) in [6, 6.07) is 118. The van der Waals surface area contributed by atoms with E-state index in [0.29, 0.717) is 0 Å². The number of hydrogen-bond acceptors (Lipinski definition) is 0. The summed E-state index contributed by atoms with van der Waals surface area (Å²) in [7, 11) is 0. The van der Waals surface area contributed by atoms with Gasteiger partial charge in [0.05, 0.1) is 44.1 Å². The molecule has 0 bridgehead atoms. The molecule has 0 aliphatic rings. The van der Waals surface area contributed by atoms with Gasteiger partial charge in [-0.05, 0) is 163 Å². The number of fused-ring (bicyclic) bond motifs is 15. The number of hydrogen-bond donors (Lipinski definition) is 0. The van der Waals surface area contributed by atoms with Crippen molar-refractivity contribution in [2.45, 2.75) is 27.3 Å². The Balaban J connectivity index is 0.000000116. The highest BCUT2D eigenvalue weighted by Crippen LogP contribution is 2.39. The van der Waals surface area contributed by atoms with Gasteiger partial charge in [-0.3, -0.25) is 0 Å². The second-order valence-corrected chi connectivity index (χ2v) is 24.3. The molecule has 0 N–H and O–H groups in total. The Bertz CT molecular complexity index is 5480. The lowest BCUT2D eigenvalue weighted by atomic mass is 9.95. The summed E-state index contributed by atoms with van der Waals surface area (Å²) in [4.78, 5) is 0. The minimum atomic E-state index is 1.02. The average Bonchev–Trinajstić information content (AvgIpc) is 1.87. The summed E-state index contributed by atoms with van der Waals surface area (Å²) >= 11 is 0. The van der Waals surface area contributed by atoms with Crippen LogP contribution >= 0.6 is 0 Å². The van der Waals surface area contributed by atoms with Gasteiger partial charge in [0.15, 0.2) is 0 Å². The Morgan fingerprint density at radius 1 is 0.204 bits per heavy atom. The molecule has 14 aromatic carbocycles. The molecule has 0 radical (unpaired) electrons. The third-order valence-electron chi connectivity index (χ3n) is 19.1. The molecule has 0 saturated carbocycles. The van der Waals surface area contributed by atoms with Gasteiger partial charge in [-0.25, -0.2) is 0 Å². The van der Waals surface area contributed by atoms with Crippen LogP contribution in [0.3, 0.4) is 0 Å². The van der Waals surface area contributed by atoms with Crippen LogP contribution in [0.25, 0.3) is 154 Å². The Morgan fingerprint density at radius 3 is 0.624 bits per heavy atom. The molecule has 19 rings (SSSR count). The minimum absolute atomic E-state index is 1.02. The lowest BCUT2D eigenvalue weighted by Crippen LogP contribution is -1.98. The van der Waals surface area contributed by atoms with Crippen molar-refractivity contribution in [3.63, 3.8) is 0 Å². The van der Waals surface area contributed by atoms with Crippen LogP contribution in [-0.4, -0.2) is 22.8 Å². The van der Waals surface area contributed by atoms with Crippen molar-refractivity contribution in [2.75, 3.05) is 0 Å². The van der Waals surface area contributed by atoms with E-state index in [4.69, 9.17) is 0 Å². The molecular weight excluding hydrogens is 1130 g/mol. The first-order valence-electron chi connectivity index (χ1n) is 32.3. The normalized spacial score (nSPS) is 11.6. The molecule has 0 unspecified atom stereocenters. The largest absolute Gasteiger partial charge is 0.341 e. The average molecular weight is 1190 g/mol. The molecule has 442 valence electrons. The maximum atomic E-state index is 2.39. The third-order valence-corrected chi connectivity index (χ3v) is 19.1. The number of nitrogens with zero attached hydrogens (tertiary/aromatic N) is 5. The van der Waals surface area contributed by atoms with Crippen molar-refractivity contribution in [1.29, 1.82) is 0 Å². The summed E-state index contributed by atoms with van der Waals surface area (Å²) in [5.74, 6) is 0. The van der Waals surface area contributed by atoms with E-state index in [-0.39, 0.29) is 0 Å². The zero-order valence-electron chi connectivity index (χ0n) is 52.1. The van der Waals surface area contributed by atoms with Gasteiger partial charge in [0.1, 0.15) is 0 Å². The summed E-state index contributed by atoms with van der Waals surface area (Å²) in [6.07, 6.45) is 0. The topological polar surface area (TPSA) is 24.6 Å². The van der Waals surface area contributed by atoms with Crippen LogP contribution in [0.15, 0.2) is 328 Å². The number of aromatic nitrogens is 5. The van der Waals surface area contributed by atoms with E-state index < -0.39 is 0 Å². The first kappa shape index (κ1) is 55.2. The van der Waals surface area contributed by atoms with Gasteiger partial charge in [0.25, 0.3) is 0 Å². The molecule has 5 aromatic heterocycles. The maximum absolute atomic E-state index is 2.39. The zero-order valence-corrected chi connectivity index (χ0v) is 52.1. The standard InChI is InChI=1S/C38H28N2.C36H24N2.C14H13N/c1-25-23-27(39-35-15-7-3-11-31(35)32-12-4-8-16-36(32)39)19-21-29(25)30-22-20-28(24-26(30)2)40-37-17-9-5-13-33(37)34-14-6-10-18-38(34)40;1-5-13-33-29(9-1)30-10-2-6-14-34(30)37(33)27-21-17-25(18-22-27)26-19-23-28(24-20-26)38-35-15-7-3-11-31(35)32-12-4-8-16-36(32)38;1-2-15-13-9-5-3-7-11(13)12-8-4-6-10-14(12)15/h3-24H,1-2H3;1-24H;3-10H,2H2,1H3. The predicted molar refractivity (Wildman–Crippen MR) is 396 cm³/mol. The van der Waals surface area contributed by atoms with Gasteiger partial charge in [-0.15, -0.1) is 0 Å². The number of para-hydroxylation sites is 10. The lowest BCUT2D eigenvalue weighted by molar-refractivity contribution is 0.827. The highest BCUT2D eigenvalue weighted by molar-refractivity contribution is 6.13. The smallest absolute Gasteiger partial charge is 0.0541 e. The van der Waals surface area contributed by atoms with E-state index in [2.05, 4.69) is 371 Å². The molecule has 19 aromatic rings. The van der Waals surface area contributed by atoms with Crippen molar-refractivity contribution in [2.24, 2.45) is 0 Å². The minimum Gasteiger partial charge on any atom is -0.341 e. The first-order valence-corrected chi connectivity index (χ1v) is 32.3. The SMILES string of the molecule is CCn1c2ccccc2c2ccccc21.Cc1cc(-n2c3ccccc3c3ccccc32)ccc1-c1ccc(-n2c3ccccc3c3ccccc32)cc1C.c1ccc2c(c1)c1ccccc1n2-c1ccc(-c2ccc(-n3c4ccccc4c4ccccc43)cc2)cc1. The fourth-order valence-electron chi connectivity index (χ4n) is 14.9. The Kier molecular flexibility index (Phi) is 13.5. The second kappa shape index (κ2) is 22.8. The van der Waals surface area contributed by atoms with Crippen LogP contribution in [0, 0.1) is 13.8 Å². The molecule has 5 heterocycles. The molecule has 0 saturated heterocycles. The van der Waals surface area contributed by atoms with E-state index in [9.17, 15) is 0 Å². The fourth-order valence-corrected chi connectivity index (χ4v) is 14.9. The summed E-state index contributed by atoms with van der Waals surface area (Å²) in [6.45, 7) is 7.67. The van der Waals surface area contributed by atoms with Crippen molar-refractivity contribution >= 4 is 109 Å². The van der Waals surface area contributed by atoms with Gasteiger partial charge < -0.3 is 22.8 Å². The van der Waals surface area contributed by atoms with Crippen molar-refractivity contribution in [3.05, 3.63) is 339 Å². The Hall–Kier alpha value is -11.9. The van der Waals surface area contributed by atoms with E-state index in [1.54, 1.807) is 0 Å². The monoisotopic (exact) mass is 1190 g/mol. The number of benzene rings is 14. The molecular formula is C88H65N5. The van der Waals surface area contributed by atoms with Crippen LogP contribution in [0.4, 0.5) is 0 Å². The summed E-state index contributed by atoms with van der Waals surface area (Å²) in [5, 5.41) is 13.0. The molecule has 0 fully saturated rings.